The third-order valence-corrected chi connectivity index (χ3v) is 2.68. The Hall–Kier alpha value is -2.74. The third-order valence-electron chi connectivity index (χ3n) is 2.68. The summed E-state index contributed by atoms with van der Waals surface area (Å²) in [6.07, 6.45) is 0. The summed E-state index contributed by atoms with van der Waals surface area (Å²) in [6, 6.07) is 8.71. The fourth-order valence-corrected chi connectivity index (χ4v) is 1.75. The van der Waals surface area contributed by atoms with Gasteiger partial charge in [0.25, 0.3) is 0 Å². The lowest BCUT2D eigenvalue weighted by atomic mass is 10.0. The van der Waals surface area contributed by atoms with Crippen LogP contribution in [0.5, 0.6) is 0 Å². The molecule has 0 atom stereocenters. The molecule has 0 saturated heterocycles. The first-order valence-electron chi connectivity index (χ1n) is 5.44. The van der Waals surface area contributed by atoms with Gasteiger partial charge in [-0.2, -0.15) is 5.26 Å². The molecule has 4 nitrogen and oxygen atoms in total. The van der Waals surface area contributed by atoms with Crippen LogP contribution in [0.3, 0.4) is 0 Å². The maximum atomic E-state index is 12.9. The van der Waals surface area contributed by atoms with Crippen molar-refractivity contribution >= 4 is 5.97 Å². The second-order valence-electron chi connectivity index (χ2n) is 3.94. The van der Waals surface area contributed by atoms with Gasteiger partial charge in [-0.25, -0.2) is 9.18 Å². The summed E-state index contributed by atoms with van der Waals surface area (Å²) in [5, 5.41) is 18.0. The van der Waals surface area contributed by atoms with E-state index in [0.717, 1.165) is 0 Å². The monoisotopic (exact) mass is 256 g/mol. The number of aromatic nitrogens is 1. The lowest BCUT2D eigenvalue weighted by molar-refractivity contribution is 0.0696. The average Bonchev–Trinajstić information content (AvgIpc) is 2.38. The summed E-state index contributed by atoms with van der Waals surface area (Å²) in [7, 11) is 0. The van der Waals surface area contributed by atoms with Crippen LogP contribution in [0.4, 0.5) is 4.39 Å². The van der Waals surface area contributed by atoms with Crippen molar-refractivity contribution in [3.63, 3.8) is 0 Å². The molecule has 0 spiro atoms. The van der Waals surface area contributed by atoms with Gasteiger partial charge in [0.15, 0.2) is 0 Å². The molecule has 0 aliphatic rings. The van der Waals surface area contributed by atoms with Gasteiger partial charge in [-0.3, -0.25) is 4.98 Å². The molecular formula is C14H9FN2O2. The average molecular weight is 256 g/mol. The highest BCUT2D eigenvalue weighted by Gasteiger charge is 2.15. The second kappa shape index (κ2) is 4.86. The van der Waals surface area contributed by atoms with E-state index in [1.54, 1.807) is 6.92 Å². The van der Waals surface area contributed by atoms with Crippen LogP contribution < -0.4 is 0 Å². The first kappa shape index (κ1) is 12.7. The van der Waals surface area contributed by atoms with E-state index in [4.69, 9.17) is 10.4 Å². The summed E-state index contributed by atoms with van der Waals surface area (Å²) in [5.41, 5.74) is 1.26. The predicted octanol–water partition coefficient (Wildman–Crippen LogP) is 2.77. The van der Waals surface area contributed by atoms with Crippen LogP contribution in [-0.2, 0) is 0 Å². The molecule has 0 radical (unpaired) electrons. The number of carbonyl (C=O) groups is 1. The Morgan fingerprint density at radius 1 is 1.37 bits per heavy atom. The Morgan fingerprint density at radius 3 is 2.53 bits per heavy atom. The molecular weight excluding hydrogens is 247 g/mol. The Morgan fingerprint density at radius 2 is 2.00 bits per heavy atom. The molecule has 1 heterocycles. The molecule has 0 bridgehead atoms. The van der Waals surface area contributed by atoms with Crippen LogP contribution >= 0.6 is 0 Å². The smallest absolute Gasteiger partial charge is 0.337 e. The SMILES string of the molecule is Cc1nc(-c2ccc(F)cc2)cc(C(=O)O)c1C#N. The van der Waals surface area contributed by atoms with E-state index >= 15 is 0 Å². The highest BCUT2D eigenvalue weighted by atomic mass is 19.1. The number of nitriles is 1. The van der Waals surface area contributed by atoms with E-state index in [1.807, 2.05) is 6.07 Å². The minimum absolute atomic E-state index is 0.0401. The largest absolute Gasteiger partial charge is 0.478 e. The zero-order valence-corrected chi connectivity index (χ0v) is 10.0. The number of nitrogens with zero attached hydrogens (tertiary/aromatic N) is 2. The Bertz CT molecular complexity index is 688. The number of carboxylic acid groups (broad SMARTS) is 1. The molecule has 1 aromatic carbocycles. The second-order valence-corrected chi connectivity index (χ2v) is 3.94. The first-order chi connectivity index (χ1) is 9.02. The highest BCUT2D eigenvalue weighted by Crippen LogP contribution is 2.22. The molecule has 0 saturated carbocycles. The van der Waals surface area contributed by atoms with Crippen molar-refractivity contribution in [3.05, 3.63) is 53.0 Å². The Kier molecular flexibility index (Phi) is 3.25. The van der Waals surface area contributed by atoms with Gasteiger partial charge in [-0.05, 0) is 37.3 Å². The molecule has 0 aliphatic carbocycles. The van der Waals surface area contributed by atoms with Gasteiger partial charge in [-0.15, -0.1) is 0 Å². The lowest BCUT2D eigenvalue weighted by Crippen LogP contribution is -2.05. The van der Waals surface area contributed by atoms with E-state index < -0.39 is 5.97 Å². The minimum atomic E-state index is -1.19. The topological polar surface area (TPSA) is 74.0 Å². The zero-order valence-electron chi connectivity index (χ0n) is 10.0. The third kappa shape index (κ3) is 2.43. The van der Waals surface area contributed by atoms with Crippen LogP contribution in [0.2, 0.25) is 0 Å². The minimum Gasteiger partial charge on any atom is -0.478 e. The number of aryl methyl sites for hydroxylation is 1. The number of halogens is 1. The molecule has 2 aromatic rings. The van der Waals surface area contributed by atoms with Crippen molar-refractivity contribution < 1.29 is 14.3 Å². The van der Waals surface area contributed by atoms with E-state index in [0.29, 0.717) is 17.0 Å². The van der Waals surface area contributed by atoms with Gasteiger partial charge in [0.2, 0.25) is 0 Å². The number of hydrogen-bond donors (Lipinski definition) is 1. The first-order valence-corrected chi connectivity index (χ1v) is 5.44. The van der Waals surface area contributed by atoms with Gasteiger partial charge < -0.3 is 5.11 Å². The summed E-state index contributed by atoms with van der Waals surface area (Å²) >= 11 is 0. The van der Waals surface area contributed by atoms with Crippen molar-refractivity contribution in [2.24, 2.45) is 0 Å². The summed E-state index contributed by atoms with van der Waals surface area (Å²) in [4.78, 5) is 15.3. The van der Waals surface area contributed by atoms with Gasteiger partial charge in [0.1, 0.15) is 11.9 Å². The van der Waals surface area contributed by atoms with Crippen LogP contribution in [0.1, 0.15) is 21.6 Å². The molecule has 0 fully saturated rings. The molecule has 0 amide bonds. The van der Waals surface area contributed by atoms with E-state index in [9.17, 15) is 9.18 Å². The van der Waals surface area contributed by atoms with Crippen molar-refractivity contribution in [3.8, 4) is 17.3 Å². The zero-order chi connectivity index (χ0) is 14.0. The van der Waals surface area contributed by atoms with Gasteiger partial charge >= 0.3 is 5.97 Å². The van der Waals surface area contributed by atoms with Gasteiger partial charge in [0, 0.05) is 5.56 Å². The van der Waals surface area contributed by atoms with Crippen molar-refractivity contribution in [1.82, 2.24) is 4.98 Å². The number of benzene rings is 1. The van der Waals surface area contributed by atoms with Crippen molar-refractivity contribution in [1.29, 1.82) is 5.26 Å². The van der Waals surface area contributed by atoms with E-state index in [1.165, 1.54) is 30.3 Å². The van der Waals surface area contributed by atoms with Crippen molar-refractivity contribution in [2.75, 3.05) is 0 Å². The Balaban J connectivity index is 2.64. The molecule has 2 rings (SSSR count). The molecule has 5 heteroatoms. The van der Waals surface area contributed by atoms with Crippen molar-refractivity contribution in [2.45, 2.75) is 6.92 Å². The van der Waals surface area contributed by atoms with Crippen LogP contribution in [0, 0.1) is 24.1 Å². The quantitative estimate of drug-likeness (QED) is 0.896. The van der Waals surface area contributed by atoms with E-state index in [2.05, 4.69) is 4.98 Å². The van der Waals surface area contributed by atoms with Gasteiger partial charge in [-0.1, -0.05) is 0 Å². The van der Waals surface area contributed by atoms with E-state index in [-0.39, 0.29) is 16.9 Å². The fraction of sp³-hybridized carbons (Fsp3) is 0.0714. The van der Waals surface area contributed by atoms with Crippen LogP contribution in [0.25, 0.3) is 11.3 Å². The molecule has 94 valence electrons. The molecule has 1 aromatic heterocycles. The molecule has 0 aliphatic heterocycles. The number of carboxylic acids is 1. The fourth-order valence-electron chi connectivity index (χ4n) is 1.75. The summed E-state index contributed by atoms with van der Waals surface area (Å²) < 4.78 is 12.9. The van der Waals surface area contributed by atoms with Crippen LogP contribution in [-0.4, -0.2) is 16.1 Å². The Labute approximate surface area is 108 Å². The normalized spacial score (nSPS) is 9.95. The standard InChI is InChI=1S/C14H9FN2O2/c1-8-12(7-16)11(14(18)19)6-13(17-8)9-2-4-10(15)5-3-9/h2-6H,1H3,(H,18,19). The maximum Gasteiger partial charge on any atom is 0.337 e. The van der Waals surface area contributed by atoms with Gasteiger partial charge in [0.05, 0.1) is 22.5 Å². The number of rotatable bonds is 2. The molecule has 19 heavy (non-hydrogen) atoms. The number of pyridine rings is 1. The summed E-state index contributed by atoms with van der Waals surface area (Å²) in [5.74, 6) is -1.57. The number of aromatic carboxylic acids is 1. The lowest BCUT2D eigenvalue weighted by Gasteiger charge is -2.07. The molecule has 1 N–H and O–H groups in total. The summed E-state index contributed by atoms with van der Waals surface area (Å²) in [6.45, 7) is 1.57. The maximum absolute atomic E-state index is 12.9. The molecule has 0 unspecified atom stereocenters. The number of hydrogen-bond acceptors (Lipinski definition) is 3. The van der Waals surface area contributed by atoms with Crippen LogP contribution in [0.15, 0.2) is 30.3 Å². The predicted molar refractivity (Wildman–Crippen MR) is 66.0 cm³/mol. The highest BCUT2D eigenvalue weighted by molar-refractivity contribution is 5.92.